The zero-order valence-corrected chi connectivity index (χ0v) is 16.6. The largest absolute Gasteiger partial charge is 0.322 e. The van der Waals surface area contributed by atoms with Crippen LogP contribution in [0.1, 0.15) is 23.6 Å². The van der Waals surface area contributed by atoms with Gasteiger partial charge in [0.2, 0.25) is 17.8 Å². The van der Waals surface area contributed by atoms with E-state index >= 15 is 0 Å². The van der Waals surface area contributed by atoms with Crippen LogP contribution in [0, 0.1) is 6.92 Å². The summed E-state index contributed by atoms with van der Waals surface area (Å²) < 4.78 is 1.27. The minimum Gasteiger partial charge on any atom is -0.322 e. The number of carbonyl (C=O) groups excluding carboxylic acids is 2. The van der Waals surface area contributed by atoms with E-state index in [1.165, 1.54) is 4.68 Å². The molecule has 0 aliphatic carbocycles. The molecule has 1 fully saturated rings. The lowest BCUT2D eigenvalue weighted by Crippen LogP contribution is -2.31. The molecule has 2 N–H and O–H groups in total. The van der Waals surface area contributed by atoms with Crippen LogP contribution in [0.4, 0.5) is 5.69 Å². The number of benzene rings is 2. The summed E-state index contributed by atoms with van der Waals surface area (Å²) in [4.78, 5) is 47.5. The van der Waals surface area contributed by atoms with E-state index in [1.54, 1.807) is 31.2 Å². The number of fused-ring (bicyclic) bond motifs is 1. The van der Waals surface area contributed by atoms with Crippen LogP contribution in [-0.2, 0) is 9.59 Å². The zero-order valence-electron chi connectivity index (χ0n) is 15.8. The van der Waals surface area contributed by atoms with Gasteiger partial charge in [-0.2, -0.15) is 4.68 Å². The molecule has 4 aromatic rings. The molecule has 30 heavy (non-hydrogen) atoms. The fraction of sp³-hybridized carbons (Fsp3) is 0.143. The van der Waals surface area contributed by atoms with Crippen molar-refractivity contribution >= 4 is 40.1 Å². The van der Waals surface area contributed by atoms with Gasteiger partial charge in [-0.3, -0.25) is 24.4 Å². The zero-order chi connectivity index (χ0) is 21.0. The Hall–Kier alpha value is -3.65. The highest BCUT2D eigenvalue weighted by Gasteiger charge is 2.43. The first-order valence-electron chi connectivity index (χ1n) is 9.33. The van der Waals surface area contributed by atoms with Gasteiger partial charge in [-0.25, -0.2) is 4.98 Å². The van der Waals surface area contributed by atoms with E-state index in [9.17, 15) is 14.4 Å². The van der Waals surface area contributed by atoms with Gasteiger partial charge in [-0.15, -0.1) is 0 Å². The van der Waals surface area contributed by atoms with E-state index in [4.69, 9.17) is 11.6 Å². The number of carbonyl (C=O) groups is 2. The third-order valence-corrected chi connectivity index (χ3v) is 5.54. The van der Waals surface area contributed by atoms with Gasteiger partial charge in [0.15, 0.2) is 0 Å². The van der Waals surface area contributed by atoms with Crippen molar-refractivity contribution in [2.45, 2.75) is 19.3 Å². The molecule has 0 bridgehead atoms. The summed E-state index contributed by atoms with van der Waals surface area (Å²) in [5.41, 5.74) is 2.32. The number of hydrogen-bond donors (Lipinski definition) is 2. The normalized spacial score (nSPS) is 16.7. The minimum atomic E-state index is -0.859. The highest BCUT2D eigenvalue weighted by atomic mass is 35.5. The van der Waals surface area contributed by atoms with E-state index in [-0.39, 0.29) is 17.9 Å². The van der Waals surface area contributed by atoms with Crippen LogP contribution in [0.15, 0.2) is 53.3 Å². The fourth-order valence-corrected chi connectivity index (χ4v) is 4.01. The smallest absolute Gasteiger partial charge is 0.278 e. The molecule has 1 aliphatic heterocycles. The molecule has 150 valence electrons. The van der Waals surface area contributed by atoms with Crippen LogP contribution < -0.4 is 10.5 Å². The number of hydrogen-bond acceptors (Lipinski definition) is 4. The molecule has 5 rings (SSSR count). The second kappa shape index (κ2) is 6.70. The van der Waals surface area contributed by atoms with Crippen molar-refractivity contribution < 1.29 is 9.59 Å². The average molecular weight is 422 g/mol. The first-order chi connectivity index (χ1) is 14.4. The lowest BCUT2D eigenvalue weighted by molar-refractivity contribution is -0.121. The number of nitrogens with zero attached hydrogens (tertiary/aromatic N) is 3. The van der Waals surface area contributed by atoms with E-state index in [2.05, 4.69) is 15.1 Å². The van der Waals surface area contributed by atoms with Crippen molar-refractivity contribution in [1.29, 1.82) is 0 Å². The van der Waals surface area contributed by atoms with Crippen LogP contribution in [0.5, 0.6) is 0 Å². The molecule has 0 unspecified atom stereocenters. The van der Waals surface area contributed by atoms with Gasteiger partial charge in [0, 0.05) is 17.1 Å². The average Bonchev–Trinajstić information content (AvgIpc) is 3.36. The molecule has 3 heterocycles. The molecule has 2 aromatic heterocycles. The van der Waals surface area contributed by atoms with Crippen molar-refractivity contribution in [2.75, 3.05) is 4.90 Å². The Kier molecular flexibility index (Phi) is 4.11. The molecule has 8 nitrogen and oxygen atoms in total. The molecular weight excluding hydrogens is 406 g/mol. The Morgan fingerprint density at radius 2 is 1.80 bits per heavy atom. The van der Waals surface area contributed by atoms with E-state index in [1.807, 2.05) is 24.3 Å². The lowest BCUT2D eigenvalue weighted by Gasteiger charge is -2.14. The third kappa shape index (κ3) is 2.76. The lowest BCUT2D eigenvalue weighted by atomic mass is 9.98. The number of anilines is 1. The van der Waals surface area contributed by atoms with E-state index in [0.717, 1.165) is 10.4 Å². The molecule has 2 amide bonds. The van der Waals surface area contributed by atoms with Crippen molar-refractivity contribution in [1.82, 2.24) is 19.7 Å². The molecule has 0 spiro atoms. The highest BCUT2D eigenvalue weighted by molar-refractivity contribution is 6.30. The summed E-state index contributed by atoms with van der Waals surface area (Å²) in [5, 5.41) is 3.48. The van der Waals surface area contributed by atoms with Crippen LogP contribution in [0.2, 0.25) is 5.02 Å². The standard InChI is InChI=1S/C21H16ClN5O3/c1-11-18(14-10-17(28)26(19(14)29)13-8-6-12(22)7-9-13)20(30)27(25-11)21-23-15-4-2-3-5-16(15)24-21/h2-9,14,25H,10H2,1H3,(H,23,24)/t14-/m1/s1. The molecule has 2 aromatic carbocycles. The number of amides is 2. The van der Waals surface area contributed by atoms with Crippen LogP contribution in [0.3, 0.4) is 0 Å². The van der Waals surface area contributed by atoms with Crippen molar-refractivity contribution in [3.05, 3.63) is 75.2 Å². The monoisotopic (exact) mass is 421 g/mol. The summed E-state index contributed by atoms with van der Waals surface area (Å²) in [6.45, 7) is 1.71. The maximum absolute atomic E-state index is 13.2. The van der Waals surface area contributed by atoms with Gasteiger partial charge in [0.05, 0.1) is 28.2 Å². The molecule has 1 aliphatic rings. The highest BCUT2D eigenvalue weighted by Crippen LogP contribution is 2.33. The number of aromatic amines is 2. The summed E-state index contributed by atoms with van der Waals surface area (Å²) >= 11 is 5.90. The quantitative estimate of drug-likeness (QED) is 0.496. The number of imide groups is 1. The van der Waals surface area contributed by atoms with E-state index < -0.39 is 17.4 Å². The predicted molar refractivity (Wildman–Crippen MR) is 112 cm³/mol. The summed E-state index contributed by atoms with van der Waals surface area (Å²) in [6, 6.07) is 13.9. The first-order valence-corrected chi connectivity index (χ1v) is 9.71. The summed E-state index contributed by atoms with van der Waals surface area (Å²) in [7, 11) is 0. The van der Waals surface area contributed by atoms with Gasteiger partial charge in [0.25, 0.3) is 5.56 Å². The Bertz CT molecular complexity index is 1330. The fourth-order valence-electron chi connectivity index (χ4n) is 3.88. The Balaban J connectivity index is 1.55. The molecule has 1 atom stereocenters. The Labute approximate surface area is 175 Å². The second-order valence-electron chi connectivity index (χ2n) is 7.17. The molecule has 1 saturated heterocycles. The SMILES string of the molecule is Cc1[nH]n(-c2nc3ccccc3[nH]2)c(=O)c1[C@H]1CC(=O)N(c2ccc(Cl)cc2)C1=O. The van der Waals surface area contributed by atoms with Gasteiger partial charge in [0.1, 0.15) is 0 Å². The summed E-state index contributed by atoms with van der Waals surface area (Å²) in [6.07, 6.45) is -0.0739. The van der Waals surface area contributed by atoms with Gasteiger partial charge < -0.3 is 4.98 Å². The maximum Gasteiger partial charge on any atom is 0.278 e. The van der Waals surface area contributed by atoms with Gasteiger partial charge in [-0.1, -0.05) is 23.7 Å². The number of para-hydroxylation sites is 2. The number of nitrogens with one attached hydrogen (secondary N) is 2. The van der Waals surface area contributed by atoms with Gasteiger partial charge in [-0.05, 0) is 43.3 Å². The Morgan fingerprint density at radius 1 is 1.07 bits per heavy atom. The number of rotatable bonds is 3. The van der Waals surface area contributed by atoms with Gasteiger partial charge >= 0.3 is 0 Å². The maximum atomic E-state index is 13.2. The van der Waals surface area contributed by atoms with Crippen LogP contribution in [0.25, 0.3) is 17.0 Å². The first kappa shape index (κ1) is 18.4. The summed E-state index contributed by atoms with van der Waals surface area (Å²) in [5.74, 6) is -1.33. The molecule has 0 saturated carbocycles. The van der Waals surface area contributed by atoms with Crippen molar-refractivity contribution in [2.24, 2.45) is 0 Å². The minimum absolute atomic E-state index is 0.0739. The molecule has 9 heteroatoms. The van der Waals surface area contributed by atoms with Crippen LogP contribution in [-0.4, -0.2) is 31.6 Å². The topological polar surface area (TPSA) is 104 Å². The number of H-pyrrole nitrogens is 2. The van der Waals surface area contributed by atoms with Crippen LogP contribution >= 0.6 is 11.6 Å². The number of halogens is 1. The third-order valence-electron chi connectivity index (χ3n) is 5.29. The predicted octanol–water partition coefficient (Wildman–Crippen LogP) is 3.05. The molecular formula is C21H16ClN5O3. The Morgan fingerprint density at radius 3 is 2.53 bits per heavy atom. The molecule has 0 radical (unpaired) electrons. The second-order valence-corrected chi connectivity index (χ2v) is 7.61. The van der Waals surface area contributed by atoms with Crippen molar-refractivity contribution in [3.63, 3.8) is 0 Å². The number of imidazole rings is 1. The number of aryl methyl sites for hydroxylation is 1. The van der Waals surface area contributed by atoms with Crippen molar-refractivity contribution in [3.8, 4) is 5.95 Å². The number of aromatic nitrogens is 4. The van der Waals surface area contributed by atoms with E-state index in [0.29, 0.717) is 27.9 Å².